The number of hydrogen-bond acceptors (Lipinski definition) is 3. The van der Waals surface area contributed by atoms with Crippen molar-refractivity contribution in [3.63, 3.8) is 0 Å². The van der Waals surface area contributed by atoms with Crippen molar-refractivity contribution in [2.75, 3.05) is 0 Å². The first-order valence-corrected chi connectivity index (χ1v) is 6.74. The maximum absolute atomic E-state index is 11.7. The van der Waals surface area contributed by atoms with Gasteiger partial charge in [-0.1, -0.05) is 32.4 Å². The molecule has 0 unspecified atom stereocenters. The number of amides is 2. The highest BCUT2D eigenvalue weighted by molar-refractivity contribution is 5.82. The molecule has 3 N–H and O–H groups in total. The number of hydrogen-bond donors (Lipinski definition) is 3. The van der Waals surface area contributed by atoms with Crippen molar-refractivity contribution >= 4 is 12.0 Å². The van der Waals surface area contributed by atoms with E-state index in [4.69, 9.17) is 10.4 Å². The largest absolute Gasteiger partial charge is 0.480 e. The summed E-state index contributed by atoms with van der Waals surface area (Å²) in [7, 11) is 0. The minimum absolute atomic E-state index is 0.150. The Morgan fingerprint density at radius 1 is 1.33 bits per heavy atom. The summed E-state index contributed by atoms with van der Waals surface area (Å²) in [4.78, 5) is 22.8. The van der Waals surface area contributed by atoms with Crippen LogP contribution < -0.4 is 10.6 Å². The van der Waals surface area contributed by atoms with Crippen molar-refractivity contribution in [3.8, 4) is 6.07 Å². The highest BCUT2D eigenvalue weighted by Gasteiger charge is 2.24. The molecular formula is C15H19N3O3. The van der Waals surface area contributed by atoms with E-state index in [1.807, 2.05) is 13.0 Å². The molecule has 0 saturated heterocycles. The molecule has 0 aliphatic rings. The van der Waals surface area contributed by atoms with Crippen LogP contribution in [-0.2, 0) is 11.3 Å². The Balaban J connectivity index is 2.52. The molecule has 0 saturated carbocycles. The van der Waals surface area contributed by atoms with Gasteiger partial charge in [0.1, 0.15) is 6.04 Å². The summed E-state index contributed by atoms with van der Waals surface area (Å²) in [5.74, 6) is -1.19. The van der Waals surface area contributed by atoms with E-state index < -0.39 is 18.0 Å². The van der Waals surface area contributed by atoms with Crippen molar-refractivity contribution in [1.82, 2.24) is 10.6 Å². The first-order valence-electron chi connectivity index (χ1n) is 6.74. The summed E-state index contributed by atoms with van der Waals surface area (Å²) in [5.41, 5.74) is 1.38. The van der Waals surface area contributed by atoms with Crippen LogP contribution in [0.3, 0.4) is 0 Å². The maximum Gasteiger partial charge on any atom is 0.326 e. The van der Waals surface area contributed by atoms with Crippen molar-refractivity contribution in [1.29, 1.82) is 5.26 Å². The molecule has 0 fully saturated rings. The lowest BCUT2D eigenvalue weighted by atomic mass is 9.99. The fourth-order valence-electron chi connectivity index (χ4n) is 1.75. The van der Waals surface area contributed by atoms with E-state index >= 15 is 0 Å². The zero-order valence-corrected chi connectivity index (χ0v) is 12.1. The number of nitrogens with one attached hydrogen (secondary N) is 2. The van der Waals surface area contributed by atoms with Crippen LogP contribution in [0.4, 0.5) is 4.79 Å². The molecule has 6 heteroatoms. The lowest BCUT2D eigenvalue weighted by molar-refractivity contribution is -0.140. The molecule has 0 aromatic heterocycles. The van der Waals surface area contributed by atoms with Gasteiger partial charge in [0, 0.05) is 6.54 Å². The van der Waals surface area contributed by atoms with E-state index in [-0.39, 0.29) is 12.5 Å². The molecule has 0 bridgehead atoms. The Labute approximate surface area is 123 Å². The third kappa shape index (κ3) is 5.15. The Bertz CT molecular complexity index is 534. The van der Waals surface area contributed by atoms with Crippen LogP contribution in [-0.4, -0.2) is 23.1 Å². The molecule has 0 aliphatic heterocycles. The van der Waals surface area contributed by atoms with Crippen LogP contribution >= 0.6 is 0 Å². The minimum Gasteiger partial charge on any atom is -0.480 e. The number of carboxylic acids is 1. The first kappa shape index (κ1) is 16.5. The SMILES string of the molecule is CC[C@H](C)[C@H](NC(=O)NCc1ccc(C#N)cc1)C(=O)O. The Morgan fingerprint density at radius 3 is 2.43 bits per heavy atom. The second-order valence-corrected chi connectivity index (χ2v) is 4.84. The van der Waals surface area contributed by atoms with Gasteiger partial charge in [0.2, 0.25) is 0 Å². The third-order valence-electron chi connectivity index (χ3n) is 3.30. The topological polar surface area (TPSA) is 102 Å². The van der Waals surface area contributed by atoms with Crippen LogP contribution in [0.15, 0.2) is 24.3 Å². The minimum atomic E-state index is -1.04. The normalized spacial score (nSPS) is 12.8. The Hall–Kier alpha value is -2.55. The number of nitrogens with zero attached hydrogens (tertiary/aromatic N) is 1. The number of aliphatic carboxylic acids is 1. The monoisotopic (exact) mass is 289 g/mol. The highest BCUT2D eigenvalue weighted by atomic mass is 16.4. The Kier molecular flexibility index (Phi) is 6.21. The molecule has 6 nitrogen and oxygen atoms in total. The summed E-state index contributed by atoms with van der Waals surface area (Å²) in [6.07, 6.45) is 0.660. The summed E-state index contributed by atoms with van der Waals surface area (Å²) in [6.45, 7) is 3.92. The quantitative estimate of drug-likeness (QED) is 0.743. The van der Waals surface area contributed by atoms with E-state index in [0.717, 1.165) is 5.56 Å². The lowest BCUT2D eigenvalue weighted by Crippen LogP contribution is -2.48. The van der Waals surface area contributed by atoms with Gasteiger partial charge in [0.15, 0.2) is 0 Å². The molecule has 1 rings (SSSR count). The maximum atomic E-state index is 11.7. The molecule has 1 aromatic carbocycles. The number of benzene rings is 1. The van der Waals surface area contributed by atoms with Gasteiger partial charge in [-0.25, -0.2) is 9.59 Å². The van der Waals surface area contributed by atoms with Gasteiger partial charge in [0.25, 0.3) is 0 Å². The molecule has 21 heavy (non-hydrogen) atoms. The lowest BCUT2D eigenvalue weighted by Gasteiger charge is -2.20. The van der Waals surface area contributed by atoms with Gasteiger partial charge < -0.3 is 15.7 Å². The van der Waals surface area contributed by atoms with Crippen molar-refractivity contribution < 1.29 is 14.7 Å². The van der Waals surface area contributed by atoms with Crippen molar-refractivity contribution in [3.05, 3.63) is 35.4 Å². The van der Waals surface area contributed by atoms with E-state index in [9.17, 15) is 9.59 Å². The molecule has 1 aromatic rings. The molecule has 2 amide bonds. The predicted octanol–water partition coefficient (Wildman–Crippen LogP) is 1.86. The predicted molar refractivity (Wildman–Crippen MR) is 77.4 cm³/mol. The number of carbonyl (C=O) groups excluding carboxylic acids is 1. The number of carboxylic acid groups (broad SMARTS) is 1. The van der Waals surface area contributed by atoms with Crippen LogP contribution in [0.25, 0.3) is 0 Å². The average Bonchev–Trinajstić information content (AvgIpc) is 2.50. The summed E-state index contributed by atoms with van der Waals surface area (Å²) in [5, 5.41) is 22.8. The second kappa shape index (κ2) is 7.90. The molecule has 0 heterocycles. The summed E-state index contributed by atoms with van der Waals surface area (Å²) < 4.78 is 0. The van der Waals surface area contributed by atoms with Crippen molar-refractivity contribution in [2.45, 2.75) is 32.9 Å². The van der Waals surface area contributed by atoms with E-state index in [0.29, 0.717) is 12.0 Å². The molecule has 0 spiro atoms. The van der Waals surface area contributed by atoms with Crippen LogP contribution in [0.1, 0.15) is 31.4 Å². The molecular weight excluding hydrogens is 270 g/mol. The fraction of sp³-hybridized carbons (Fsp3) is 0.400. The number of nitriles is 1. The van der Waals surface area contributed by atoms with Gasteiger partial charge in [-0.15, -0.1) is 0 Å². The average molecular weight is 289 g/mol. The van der Waals surface area contributed by atoms with Crippen LogP contribution in [0, 0.1) is 17.2 Å². The van der Waals surface area contributed by atoms with Gasteiger partial charge in [-0.3, -0.25) is 0 Å². The smallest absolute Gasteiger partial charge is 0.326 e. The van der Waals surface area contributed by atoms with E-state index in [1.165, 1.54) is 0 Å². The zero-order valence-electron chi connectivity index (χ0n) is 12.1. The summed E-state index contributed by atoms with van der Waals surface area (Å²) >= 11 is 0. The van der Waals surface area contributed by atoms with Crippen LogP contribution in [0.5, 0.6) is 0 Å². The zero-order chi connectivity index (χ0) is 15.8. The highest BCUT2D eigenvalue weighted by Crippen LogP contribution is 2.08. The van der Waals surface area contributed by atoms with Gasteiger partial charge in [0.05, 0.1) is 11.6 Å². The third-order valence-corrected chi connectivity index (χ3v) is 3.30. The van der Waals surface area contributed by atoms with Gasteiger partial charge in [-0.2, -0.15) is 5.26 Å². The van der Waals surface area contributed by atoms with Crippen LogP contribution in [0.2, 0.25) is 0 Å². The number of rotatable bonds is 6. The Morgan fingerprint density at radius 2 is 1.95 bits per heavy atom. The number of urea groups is 1. The molecule has 0 radical (unpaired) electrons. The van der Waals surface area contributed by atoms with Gasteiger partial charge in [-0.05, 0) is 23.6 Å². The van der Waals surface area contributed by atoms with Crippen molar-refractivity contribution in [2.24, 2.45) is 5.92 Å². The van der Waals surface area contributed by atoms with E-state index in [2.05, 4.69) is 10.6 Å². The number of carbonyl (C=O) groups is 2. The standard InChI is InChI=1S/C15H19N3O3/c1-3-10(2)13(14(19)20)18-15(21)17-9-12-6-4-11(8-16)5-7-12/h4-7,10,13H,3,9H2,1-2H3,(H,19,20)(H2,17,18,21)/t10-,13-/m0/s1. The van der Waals surface area contributed by atoms with Gasteiger partial charge >= 0.3 is 12.0 Å². The van der Waals surface area contributed by atoms with E-state index in [1.54, 1.807) is 31.2 Å². The molecule has 112 valence electrons. The fourth-order valence-corrected chi connectivity index (χ4v) is 1.75. The molecule has 0 aliphatic carbocycles. The summed E-state index contributed by atoms with van der Waals surface area (Å²) in [6, 6.07) is 7.38. The first-order chi connectivity index (χ1) is 9.97. The molecule has 2 atom stereocenters. The second-order valence-electron chi connectivity index (χ2n) is 4.84.